The van der Waals surface area contributed by atoms with Gasteiger partial charge in [0.15, 0.2) is 0 Å². The Bertz CT molecular complexity index is 965. The molecular weight excluding hydrogens is 360 g/mol. The zero-order chi connectivity index (χ0) is 20.1. The minimum atomic E-state index is 0.0686. The molecule has 5 heteroatoms. The Labute approximate surface area is 172 Å². The fourth-order valence-corrected chi connectivity index (χ4v) is 3.64. The average molecular weight is 386 g/mol. The van der Waals surface area contributed by atoms with E-state index in [9.17, 15) is 4.79 Å². The van der Waals surface area contributed by atoms with Gasteiger partial charge in [-0.1, -0.05) is 42.5 Å². The average Bonchev–Trinajstić information content (AvgIpc) is 2.75. The number of anilines is 2. The molecule has 0 spiro atoms. The third kappa shape index (κ3) is 5.00. The van der Waals surface area contributed by atoms with Crippen LogP contribution in [0.4, 0.5) is 11.5 Å². The van der Waals surface area contributed by atoms with Gasteiger partial charge < -0.3 is 10.2 Å². The van der Waals surface area contributed by atoms with Crippen molar-refractivity contribution in [3.05, 3.63) is 89.6 Å². The lowest BCUT2D eigenvalue weighted by Crippen LogP contribution is -2.48. The third-order valence-corrected chi connectivity index (χ3v) is 5.21. The number of hydrogen-bond acceptors (Lipinski definition) is 4. The van der Waals surface area contributed by atoms with E-state index in [1.807, 2.05) is 29.2 Å². The predicted octanol–water partition coefficient (Wildman–Crippen LogP) is 4.09. The summed E-state index contributed by atoms with van der Waals surface area (Å²) in [7, 11) is 0. The Morgan fingerprint density at radius 2 is 1.76 bits per heavy atom. The second-order valence-electron chi connectivity index (χ2n) is 7.48. The SMILES string of the molecule is Cc1cccc(Nc2cc(C(=O)N3CCN(Cc4ccccc4)CC3)ccn2)c1. The van der Waals surface area contributed by atoms with Crippen molar-refractivity contribution < 1.29 is 4.79 Å². The Kier molecular flexibility index (Phi) is 5.86. The van der Waals surface area contributed by atoms with Gasteiger partial charge in [-0.25, -0.2) is 4.98 Å². The molecule has 1 N–H and O–H groups in total. The molecular formula is C24H26N4O. The number of amides is 1. The highest BCUT2D eigenvalue weighted by Crippen LogP contribution is 2.18. The topological polar surface area (TPSA) is 48.5 Å². The first-order valence-corrected chi connectivity index (χ1v) is 10.0. The number of nitrogens with zero attached hydrogens (tertiary/aromatic N) is 3. The molecule has 4 rings (SSSR count). The van der Waals surface area contributed by atoms with E-state index in [0.29, 0.717) is 11.4 Å². The van der Waals surface area contributed by atoms with E-state index in [1.54, 1.807) is 12.3 Å². The molecule has 0 unspecified atom stereocenters. The van der Waals surface area contributed by atoms with Crippen LogP contribution in [0.25, 0.3) is 0 Å². The second-order valence-corrected chi connectivity index (χ2v) is 7.48. The molecule has 1 amide bonds. The molecule has 0 bridgehead atoms. The molecule has 2 aromatic carbocycles. The van der Waals surface area contributed by atoms with E-state index >= 15 is 0 Å². The van der Waals surface area contributed by atoms with Gasteiger partial charge in [-0.2, -0.15) is 0 Å². The van der Waals surface area contributed by atoms with Crippen LogP contribution >= 0.6 is 0 Å². The van der Waals surface area contributed by atoms with Crippen molar-refractivity contribution in [2.45, 2.75) is 13.5 Å². The molecule has 0 saturated carbocycles. The van der Waals surface area contributed by atoms with E-state index in [1.165, 1.54) is 11.1 Å². The van der Waals surface area contributed by atoms with Crippen molar-refractivity contribution in [2.24, 2.45) is 0 Å². The number of nitrogens with one attached hydrogen (secondary N) is 1. The highest BCUT2D eigenvalue weighted by Gasteiger charge is 2.22. The molecule has 148 valence electrons. The van der Waals surface area contributed by atoms with Crippen LogP contribution in [0.1, 0.15) is 21.5 Å². The fraction of sp³-hybridized carbons (Fsp3) is 0.250. The van der Waals surface area contributed by atoms with Gasteiger partial charge in [-0.3, -0.25) is 9.69 Å². The first-order chi connectivity index (χ1) is 14.2. The quantitative estimate of drug-likeness (QED) is 0.717. The fourth-order valence-electron chi connectivity index (χ4n) is 3.64. The van der Waals surface area contributed by atoms with Gasteiger partial charge in [0.2, 0.25) is 0 Å². The standard InChI is InChI=1S/C24H26N4O/c1-19-6-5-9-22(16-19)26-23-17-21(10-11-25-23)24(29)28-14-12-27(13-15-28)18-20-7-3-2-4-8-20/h2-11,16-17H,12-15,18H2,1H3,(H,25,26). The number of benzene rings is 2. The maximum absolute atomic E-state index is 13.0. The van der Waals surface area contributed by atoms with Crippen LogP contribution in [-0.2, 0) is 6.54 Å². The van der Waals surface area contributed by atoms with E-state index < -0.39 is 0 Å². The maximum atomic E-state index is 13.0. The Balaban J connectivity index is 1.36. The lowest BCUT2D eigenvalue weighted by molar-refractivity contribution is 0.0628. The number of aryl methyl sites for hydroxylation is 1. The summed E-state index contributed by atoms with van der Waals surface area (Å²) in [6.45, 7) is 6.25. The van der Waals surface area contributed by atoms with Gasteiger partial charge in [-0.05, 0) is 42.3 Å². The number of piperazine rings is 1. The van der Waals surface area contributed by atoms with Crippen molar-refractivity contribution in [1.82, 2.24) is 14.8 Å². The number of carbonyl (C=O) groups is 1. The normalized spacial score (nSPS) is 14.6. The van der Waals surface area contributed by atoms with E-state index in [-0.39, 0.29) is 5.91 Å². The lowest BCUT2D eigenvalue weighted by Gasteiger charge is -2.34. The molecule has 0 aliphatic carbocycles. The van der Waals surface area contributed by atoms with Crippen LogP contribution in [0.15, 0.2) is 72.9 Å². The summed E-state index contributed by atoms with van der Waals surface area (Å²) in [4.78, 5) is 21.7. The summed E-state index contributed by atoms with van der Waals surface area (Å²) in [5.74, 6) is 0.753. The highest BCUT2D eigenvalue weighted by molar-refractivity contribution is 5.95. The molecule has 29 heavy (non-hydrogen) atoms. The zero-order valence-electron chi connectivity index (χ0n) is 16.7. The van der Waals surface area contributed by atoms with Gasteiger partial charge in [0.05, 0.1) is 0 Å². The van der Waals surface area contributed by atoms with Gasteiger partial charge in [0.1, 0.15) is 5.82 Å². The van der Waals surface area contributed by atoms with Crippen molar-refractivity contribution in [2.75, 3.05) is 31.5 Å². The third-order valence-electron chi connectivity index (χ3n) is 5.21. The van der Waals surface area contributed by atoms with E-state index in [4.69, 9.17) is 0 Å². The Hall–Kier alpha value is -3.18. The molecule has 0 radical (unpaired) electrons. The smallest absolute Gasteiger partial charge is 0.254 e. The maximum Gasteiger partial charge on any atom is 0.254 e. The highest BCUT2D eigenvalue weighted by atomic mass is 16.2. The van der Waals surface area contributed by atoms with Crippen LogP contribution in [0.3, 0.4) is 0 Å². The predicted molar refractivity (Wildman–Crippen MR) is 116 cm³/mol. The van der Waals surface area contributed by atoms with Crippen LogP contribution in [0.5, 0.6) is 0 Å². The summed E-state index contributed by atoms with van der Waals surface area (Å²) in [5.41, 5.74) is 4.13. The van der Waals surface area contributed by atoms with Crippen LogP contribution in [0, 0.1) is 6.92 Å². The van der Waals surface area contributed by atoms with Crippen molar-refractivity contribution >= 4 is 17.4 Å². The van der Waals surface area contributed by atoms with Gasteiger partial charge in [0, 0.05) is 50.2 Å². The first kappa shape index (κ1) is 19.2. The summed E-state index contributed by atoms with van der Waals surface area (Å²) in [5, 5.41) is 3.29. The number of aromatic nitrogens is 1. The Morgan fingerprint density at radius 3 is 2.52 bits per heavy atom. The molecule has 1 aliphatic heterocycles. The minimum Gasteiger partial charge on any atom is -0.340 e. The van der Waals surface area contributed by atoms with E-state index in [2.05, 4.69) is 58.5 Å². The van der Waals surface area contributed by atoms with Crippen molar-refractivity contribution in [3.8, 4) is 0 Å². The number of carbonyl (C=O) groups excluding carboxylic acids is 1. The molecule has 5 nitrogen and oxygen atoms in total. The molecule has 1 saturated heterocycles. The van der Waals surface area contributed by atoms with Crippen molar-refractivity contribution in [3.63, 3.8) is 0 Å². The zero-order valence-corrected chi connectivity index (χ0v) is 16.7. The summed E-state index contributed by atoms with van der Waals surface area (Å²) in [6.07, 6.45) is 1.69. The minimum absolute atomic E-state index is 0.0686. The van der Waals surface area contributed by atoms with E-state index in [0.717, 1.165) is 38.4 Å². The van der Waals surface area contributed by atoms with Crippen LogP contribution < -0.4 is 5.32 Å². The summed E-state index contributed by atoms with van der Waals surface area (Å²) >= 11 is 0. The van der Waals surface area contributed by atoms with Crippen LogP contribution in [-0.4, -0.2) is 46.9 Å². The number of hydrogen-bond donors (Lipinski definition) is 1. The van der Waals surface area contributed by atoms with Crippen LogP contribution in [0.2, 0.25) is 0 Å². The summed E-state index contributed by atoms with van der Waals surface area (Å²) < 4.78 is 0. The lowest BCUT2D eigenvalue weighted by atomic mass is 10.1. The molecule has 1 fully saturated rings. The molecule has 2 heterocycles. The summed E-state index contributed by atoms with van der Waals surface area (Å²) in [6, 6.07) is 22.2. The largest absolute Gasteiger partial charge is 0.340 e. The van der Waals surface area contributed by atoms with Crippen molar-refractivity contribution in [1.29, 1.82) is 0 Å². The molecule has 1 aromatic heterocycles. The first-order valence-electron chi connectivity index (χ1n) is 10.0. The van der Waals surface area contributed by atoms with Gasteiger partial charge in [-0.15, -0.1) is 0 Å². The second kappa shape index (κ2) is 8.88. The Morgan fingerprint density at radius 1 is 0.966 bits per heavy atom. The molecule has 0 atom stereocenters. The molecule has 3 aromatic rings. The molecule has 1 aliphatic rings. The van der Waals surface area contributed by atoms with Gasteiger partial charge in [0.25, 0.3) is 5.91 Å². The monoisotopic (exact) mass is 386 g/mol. The number of pyridine rings is 1. The van der Waals surface area contributed by atoms with Gasteiger partial charge >= 0.3 is 0 Å². The number of rotatable bonds is 5.